The van der Waals surface area contributed by atoms with Gasteiger partial charge in [0.2, 0.25) is 5.91 Å². The van der Waals surface area contributed by atoms with Crippen LogP contribution in [-0.4, -0.2) is 72.8 Å². The predicted octanol–water partition coefficient (Wildman–Crippen LogP) is 1.59. The fraction of sp³-hybridized carbons (Fsp3) is 0.600. The fourth-order valence-corrected chi connectivity index (χ4v) is 3.75. The summed E-state index contributed by atoms with van der Waals surface area (Å²) in [4.78, 5) is 46.4. The van der Waals surface area contributed by atoms with Crippen LogP contribution >= 0.6 is 0 Å². The number of carbonyl (C=O) groups excluding carboxylic acids is 3. The average molecular weight is 404 g/mol. The van der Waals surface area contributed by atoms with Gasteiger partial charge in [0.1, 0.15) is 11.4 Å². The second kappa shape index (κ2) is 7.88. The SMILES string of the molecule is COC(=O)[C@H]1CN(c2ccnc3c2CCN3C(C)=O)CCN1C(=O)OC(C)(C)C. The molecule has 0 aromatic carbocycles. The number of fused-ring (bicyclic) bond motifs is 1. The van der Waals surface area contributed by atoms with E-state index >= 15 is 0 Å². The van der Waals surface area contributed by atoms with E-state index in [1.54, 1.807) is 31.9 Å². The highest BCUT2D eigenvalue weighted by molar-refractivity contribution is 5.93. The minimum atomic E-state index is -0.780. The summed E-state index contributed by atoms with van der Waals surface area (Å²) in [5.41, 5.74) is 1.25. The number of methoxy groups -OCH3 is 1. The Morgan fingerprint density at radius 3 is 2.52 bits per heavy atom. The molecule has 0 unspecified atom stereocenters. The largest absolute Gasteiger partial charge is 0.467 e. The molecule has 0 aliphatic carbocycles. The lowest BCUT2D eigenvalue weighted by molar-refractivity contribution is -0.147. The number of hydrogen-bond donors (Lipinski definition) is 0. The molecule has 158 valence electrons. The van der Waals surface area contributed by atoms with Gasteiger partial charge in [0.25, 0.3) is 0 Å². The Kier molecular flexibility index (Phi) is 5.68. The molecule has 0 bridgehead atoms. The van der Waals surface area contributed by atoms with Crippen LogP contribution in [0.15, 0.2) is 12.3 Å². The topological polar surface area (TPSA) is 92.3 Å². The van der Waals surface area contributed by atoms with Crippen molar-refractivity contribution >= 4 is 29.5 Å². The van der Waals surface area contributed by atoms with E-state index < -0.39 is 23.7 Å². The summed E-state index contributed by atoms with van der Waals surface area (Å²) in [7, 11) is 1.31. The number of piperazine rings is 1. The Bertz CT molecular complexity index is 820. The van der Waals surface area contributed by atoms with Crippen LogP contribution in [0, 0.1) is 0 Å². The number of anilines is 2. The zero-order chi connectivity index (χ0) is 21.3. The van der Waals surface area contributed by atoms with Crippen LogP contribution in [-0.2, 0) is 25.5 Å². The first kappa shape index (κ1) is 20.9. The maximum Gasteiger partial charge on any atom is 0.411 e. The minimum absolute atomic E-state index is 0.0458. The highest BCUT2D eigenvalue weighted by Gasteiger charge is 2.39. The monoisotopic (exact) mass is 404 g/mol. The van der Waals surface area contributed by atoms with Gasteiger partial charge in [-0.15, -0.1) is 0 Å². The Hall–Kier alpha value is -2.84. The molecule has 2 amide bonds. The lowest BCUT2D eigenvalue weighted by atomic mass is 10.1. The molecular weight excluding hydrogens is 376 g/mol. The summed E-state index contributed by atoms with van der Waals surface area (Å²) in [6, 6.07) is 1.11. The first-order chi connectivity index (χ1) is 13.6. The maximum absolute atomic E-state index is 12.6. The van der Waals surface area contributed by atoms with Gasteiger partial charge in [0, 0.05) is 50.6 Å². The summed E-state index contributed by atoms with van der Waals surface area (Å²) in [6.45, 7) is 8.61. The third kappa shape index (κ3) is 4.28. The van der Waals surface area contributed by atoms with Crippen LogP contribution in [0.5, 0.6) is 0 Å². The van der Waals surface area contributed by atoms with Crippen molar-refractivity contribution in [2.24, 2.45) is 0 Å². The van der Waals surface area contributed by atoms with Gasteiger partial charge in [-0.2, -0.15) is 0 Å². The molecule has 2 aliphatic heterocycles. The van der Waals surface area contributed by atoms with Crippen LogP contribution in [0.25, 0.3) is 0 Å². The predicted molar refractivity (Wildman–Crippen MR) is 107 cm³/mol. The number of amides is 2. The summed E-state index contributed by atoms with van der Waals surface area (Å²) >= 11 is 0. The van der Waals surface area contributed by atoms with Gasteiger partial charge < -0.3 is 14.4 Å². The van der Waals surface area contributed by atoms with Crippen molar-refractivity contribution in [3.63, 3.8) is 0 Å². The Balaban J connectivity index is 1.85. The lowest BCUT2D eigenvalue weighted by Crippen LogP contribution is -2.59. The van der Waals surface area contributed by atoms with Crippen molar-refractivity contribution in [3.05, 3.63) is 17.8 Å². The molecule has 1 fully saturated rings. The van der Waals surface area contributed by atoms with Crippen molar-refractivity contribution in [2.75, 3.05) is 43.1 Å². The van der Waals surface area contributed by atoms with E-state index in [4.69, 9.17) is 9.47 Å². The van der Waals surface area contributed by atoms with Crippen LogP contribution in [0.3, 0.4) is 0 Å². The standard InChI is InChI=1S/C20H28N4O5/c1-13(25)23-9-7-14-15(6-8-21-17(14)23)22-10-11-24(16(12-22)18(26)28-5)19(27)29-20(2,3)4/h6,8,16H,7,9-12H2,1-5H3/t16-/m1/s1. The molecule has 0 radical (unpaired) electrons. The van der Waals surface area contributed by atoms with Crippen LogP contribution in [0.1, 0.15) is 33.3 Å². The molecule has 3 heterocycles. The van der Waals surface area contributed by atoms with Crippen molar-refractivity contribution in [3.8, 4) is 0 Å². The second-order valence-electron chi connectivity index (χ2n) is 8.21. The molecule has 0 spiro atoms. The summed E-state index contributed by atoms with van der Waals surface area (Å²) in [5, 5.41) is 0. The highest BCUT2D eigenvalue weighted by atomic mass is 16.6. The molecule has 1 atom stereocenters. The van der Waals surface area contributed by atoms with Crippen molar-refractivity contribution in [1.29, 1.82) is 0 Å². The van der Waals surface area contributed by atoms with E-state index in [-0.39, 0.29) is 12.5 Å². The number of rotatable bonds is 2. The highest BCUT2D eigenvalue weighted by Crippen LogP contribution is 2.35. The zero-order valence-electron chi connectivity index (χ0n) is 17.6. The summed E-state index contributed by atoms with van der Waals surface area (Å²) in [6.07, 6.45) is 1.84. The van der Waals surface area contributed by atoms with Gasteiger partial charge in [-0.3, -0.25) is 14.6 Å². The van der Waals surface area contributed by atoms with Crippen molar-refractivity contribution in [2.45, 2.75) is 45.8 Å². The minimum Gasteiger partial charge on any atom is -0.467 e. The average Bonchev–Trinajstić information content (AvgIpc) is 3.10. The molecular formula is C20H28N4O5. The van der Waals surface area contributed by atoms with Gasteiger partial charge in [-0.25, -0.2) is 14.6 Å². The number of carbonyl (C=O) groups is 3. The van der Waals surface area contributed by atoms with Crippen molar-refractivity contribution in [1.82, 2.24) is 9.88 Å². The quantitative estimate of drug-likeness (QED) is 0.691. The molecule has 0 saturated carbocycles. The maximum atomic E-state index is 12.6. The van der Waals surface area contributed by atoms with Gasteiger partial charge in [0.05, 0.1) is 7.11 Å². The third-order valence-corrected chi connectivity index (χ3v) is 5.05. The number of pyridine rings is 1. The smallest absolute Gasteiger partial charge is 0.411 e. The summed E-state index contributed by atoms with van der Waals surface area (Å²) < 4.78 is 10.4. The second-order valence-corrected chi connectivity index (χ2v) is 8.21. The van der Waals surface area contributed by atoms with Crippen LogP contribution in [0.4, 0.5) is 16.3 Å². The number of ether oxygens (including phenoxy) is 2. The Morgan fingerprint density at radius 1 is 1.17 bits per heavy atom. The molecule has 3 rings (SSSR count). The lowest BCUT2D eigenvalue weighted by Gasteiger charge is -2.41. The normalized spacial score (nSPS) is 19.1. The molecule has 1 aromatic rings. The molecule has 29 heavy (non-hydrogen) atoms. The fourth-order valence-electron chi connectivity index (χ4n) is 3.75. The van der Waals surface area contributed by atoms with E-state index in [1.807, 2.05) is 11.0 Å². The van der Waals surface area contributed by atoms with Gasteiger partial charge in [-0.05, 0) is 33.3 Å². The first-order valence-corrected chi connectivity index (χ1v) is 9.70. The van der Waals surface area contributed by atoms with Gasteiger partial charge >= 0.3 is 12.1 Å². The molecule has 1 saturated heterocycles. The number of nitrogens with zero attached hydrogens (tertiary/aromatic N) is 4. The van der Waals surface area contributed by atoms with Gasteiger partial charge in [0.15, 0.2) is 6.04 Å². The molecule has 2 aliphatic rings. The van der Waals surface area contributed by atoms with E-state index in [0.717, 1.165) is 11.3 Å². The number of aromatic nitrogens is 1. The molecule has 0 N–H and O–H groups in total. The molecule has 9 heteroatoms. The van der Waals surface area contributed by atoms with E-state index in [2.05, 4.69) is 4.98 Å². The van der Waals surface area contributed by atoms with Gasteiger partial charge in [-0.1, -0.05) is 0 Å². The molecule has 1 aromatic heterocycles. The van der Waals surface area contributed by atoms with Crippen molar-refractivity contribution < 1.29 is 23.9 Å². The first-order valence-electron chi connectivity index (χ1n) is 9.70. The van der Waals surface area contributed by atoms with Crippen LogP contribution < -0.4 is 9.80 Å². The van der Waals surface area contributed by atoms with E-state index in [0.29, 0.717) is 31.9 Å². The number of esters is 1. The van der Waals surface area contributed by atoms with Crippen LogP contribution in [0.2, 0.25) is 0 Å². The van der Waals surface area contributed by atoms with E-state index in [1.165, 1.54) is 18.9 Å². The number of hydrogen-bond acceptors (Lipinski definition) is 7. The third-order valence-electron chi connectivity index (χ3n) is 5.05. The van der Waals surface area contributed by atoms with E-state index in [9.17, 15) is 14.4 Å². The zero-order valence-corrected chi connectivity index (χ0v) is 17.6. The Labute approximate surface area is 170 Å². The summed E-state index contributed by atoms with van der Waals surface area (Å²) in [5.74, 6) is 0.131. The molecule has 9 nitrogen and oxygen atoms in total. The Morgan fingerprint density at radius 2 is 1.90 bits per heavy atom.